The van der Waals surface area contributed by atoms with E-state index in [-0.39, 0.29) is 5.96 Å². The van der Waals surface area contributed by atoms with Crippen molar-refractivity contribution in [2.24, 2.45) is 16.2 Å². The average molecular weight is 291 g/mol. The largest absolute Gasteiger partial charge is 0.566 e. The van der Waals surface area contributed by atoms with Crippen molar-refractivity contribution in [2.45, 2.75) is 0 Å². The summed E-state index contributed by atoms with van der Waals surface area (Å²) in [5.41, 5.74) is 10.6. The maximum atomic E-state index is 12.6. The summed E-state index contributed by atoms with van der Waals surface area (Å²) in [5, 5.41) is 0. The third-order valence-corrected chi connectivity index (χ3v) is 3.52. The van der Waals surface area contributed by atoms with Gasteiger partial charge in [-0.25, -0.2) is 4.57 Å². The van der Waals surface area contributed by atoms with Crippen molar-refractivity contribution in [3.63, 3.8) is 0 Å². The summed E-state index contributed by atoms with van der Waals surface area (Å²) < 4.78 is 26.8. The van der Waals surface area contributed by atoms with Crippen molar-refractivity contribution >= 4 is 13.7 Å². The number of hydrogen-bond acceptors (Lipinski definition) is 3. The molecule has 0 radical (unpaired) electrons. The molecule has 2 rings (SSSR count). The zero-order chi connectivity index (χ0) is 14.4. The Kier molecular flexibility index (Phi) is 4.27. The zero-order valence-corrected chi connectivity index (χ0v) is 11.4. The lowest BCUT2D eigenvalue weighted by atomic mass is 10.3. The van der Waals surface area contributed by atoms with Crippen LogP contribution >= 0.6 is 7.75 Å². The summed E-state index contributed by atoms with van der Waals surface area (Å²) in [6.45, 7) is 0. The summed E-state index contributed by atoms with van der Waals surface area (Å²) in [4.78, 5) is 0. The van der Waals surface area contributed by atoms with Gasteiger partial charge in [-0.15, -0.1) is 4.76 Å². The van der Waals surface area contributed by atoms with Gasteiger partial charge in [0.1, 0.15) is 11.5 Å². The number of rotatable bonds is 5. The fraction of sp³-hybridized carbons (Fsp3) is 0. The van der Waals surface area contributed by atoms with Crippen LogP contribution in [0, 0.1) is 0 Å². The molecule has 0 aliphatic rings. The number of guanidine groups is 1. The molecule has 0 amide bonds. The molecule has 0 saturated heterocycles. The normalized spacial score (nSPS) is 10.6. The second-order valence-corrected chi connectivity index (χ2v) is 5.30. The van der Waals surface area contributed by atoms with Crippen molar-refractivity contribution in [1.29, 1.82) is 0 Å². The molecular formula is C13H14N3O3P. The minimum absolute atomic E-state index is 0.344. The van der Waals surface area contributed by atoms with Gasteiger partial charge in [0.25, 0.3) is 0 Å². The molecule has 0 heterocycles. The molecule has 2 aromatic rings. The lowest BCUT2D eigenvalue weighted by molar-refractivity contribution is 0.388. The van der Waals surface area contributed by atoms with E-state index in [1.165, 1.54) is 0 Å². The summed E-state index contributed by atoms with van der Waals surface area (Å²) in [5.74, 6) is 0.314. The Labute approximate surface area is 116 Å². The number of nitrogens with two attached hydrogens (primary N) is 2. The second-order valence-electron chi connectivity index (χ2n) is 3.80. The Morgan fingerprint density at radius 2 is 1.25 bits per heavy atom. The molecule has 7 heteroatoms. The third kappa shape index (κ3) is 4.03. The predicted octanol–water partition coefficient (Wildman–Crippen LogP) is 2.53. The van der Waals surface area contributed by atoms with E-state index in [2.05, 4.69) is 4.76 Å². The van der Waals surface area contributed by atoms with Gasteiger partial charge in [-0.2, -0.15) is 0 Å². The van der Waals surface area contributed by atoms with E-state index in [9.17, 15) is 4.57 Å². The molecule has 4 N–H and O–H groups in total. The number of hydrogen-bond donors (Lipinski definition) is 2. The molecule has 0 aliphatic carbocycles. The average Bonchev–Trinajstić information content (AvgIpc) is 2.39. The fourth-order valence-electron chi connectivity index (χ4n) is 1.43. The number of nitrogens with zero attached hydrogens (tertiary/aromatic N) is 1. The Morgan fingerprint density at radius 3 is 1.60 bits per heavy atom. The van der Waals surface area contributed by atoms with E-state index >= 15 is 0 Å². The zero-order valence-electron chi connectivity index (χ0n) is 10.5. The Hall–Kier alpha value is -2.46. The topological polar surface area (TPSA) is 99.9 Å². The number of para-hydroxylation sites is 2. The maximum absolute atomic E-state index is 12.6. The molecule has 0 aliphatic heterocycles. The van der Waals surface area contributed by atoms with Gasteiger partial charge < -0.3 is 20.5 Å². The second kappa shape index (κ2) is 6.12. The molecule has 0 fully saturated rings. The third-order valence-electron chi connectivity index (χ3n) is 2.17. The van der Waals surface area contributed by atoms with Crippen molar-refractivity contribution in [2.75, 3.05) is 0 Å². The van der Waals surface area contributed by atoms with Crippen molar-refractivity contribution < 1.29 is 13.6 Å². The minimum Gasteiger partial charge on any atom is -0.399 e. The molecule has 104 valence electrons. The molecule has 0 spiro atoms. The van der Waals surface area contributed by atoms with Gasteiger partial charge in [0.2, 0.25) is 0 Å². The maximum Gasteiger partial charge on any atom is 0.566 e. The monoisotopic (exact) mass is 291 g/mol. The highest BCUT2D eigenvalue weighted by Gasteiger charge is 2.28. The standard InChI is InChI=1S/C13H14N3O3P/c14-13(15)16-20(17,18-11-7-3-1-4-8-11)19-12-9-5-2-6-10-12/h1-10H,(H4,14,15,16,17). The summed E-state index contributed by atoms with van der Waals surface area (Å²) in [6.07, 6.45) is 0. The highest BCUT2D eigenvalue weighted by atomic mass is 31.2. The molecule has 0 atom stereocenters. The Balaban J connectivity index is 2.27. The smallest absolute Gasteiger partial charge is 0.399 e. The van der Waals surface area contributed by atoms with Gasteiger partial charge in [-0.05, 0) is 24.3 Å². The van der Waals surface area contributed by atoms with E-state index in [0.29, 0.717) is 11.5 Å². The highest BCUT2D eigenvalue weighted by Crippen LogP contribution is 2.49. The minimum atomic E-state index is -3.88. The molecule has 0 saturated carbocycles. The van der Waals surface area contributed by atoms with Crippen LogP contribution in [-0.4, -0.2) is 5.96 Å². The predicted molar refractivity (Wildman–Crippen MR) is 77.6 cm³/mol. The van der Waals surface area contributed by atoms with Crippen LogP contribution in [0.25, 0.3) is 0 Å². The van der Waals surface area contributed by atoms with Crippen LogP contribution in [0.5, 0.6) is 11.5 Å². The van der Waals surface area contributed by atoms with Gasteiger partial charge >= 0.3 is 7.75 Å². The van der Waals surface area contributed by atoms with Crippen molar-refractivity contribution in [3.8, 4) is 11.5 Å². The van der Waals surface area contributed by atoms with Crippen LogP contribution in [0.2, 0.25) is 0 Å². The lowest BCUT2D eigenvalue weighted by Crippen LogP contribution is -2.23. The quantitative estimate of drug-likeness (QED) is 0.501. The van der Waals surface area contributed by atoms with E-state index in [0.717, 1.165) is 0 Å². The van der Waals surface area contributed by atoms with Gasteiger partial charge in [-0.1, -0.05) is 36.4 Å². The molecule has 0 bridgehead atoms. The van der Waals surface area contributed by atoms with Gasteiger partial charge in [-0.3, -0.25) is 0 Å². The van der Waals surface area contributed by atoms with Crippen LogP contribution < -0.4 is 20.5 Å². The van der Waals surface area contributed by atoms with Crippen LogP contribution in [-0.2, 0) is 4.57 Å². The summed E-state index contributed by atoms with van der Waals surface area (Å²) >= 11 is 0. The van der Waals surface area contributed by atoms with Crippen molar-refractivity contribution in [3.05, 3.63) is 60.7 Å². The summed E-state index contributed by atoms with van der Waals surface area (Å²) in [7, 11) is -3.88. The molecule has 6 nitrogen and oxygen atoms in total. The first-order valence-electron chi connectivity index (χ1n) is 5.78. The molecule has 20 heavy (non-hydrogen) atoms. The first-order chi connectivity index (χ1) is 9.57. The van der Waals surface area contributed by atoms with Gasteiger partial charge in [0.05, 0.1) is 0 Å². The molecular weight excluding hydrogens is 277 g/mol. The highest BCUT2D eigenvalue weighted by molar-refractivity contribution is 7.53. The Bertz CT molecular complexity index is 582. The van der Waals surface area contributed by atoms with Gasteiger partial charge in [0, 0.05) is 0 Å². The number of benzene rings is 2. The van der Waals surface area contributed by atoms with Crippen LogP contribution in [0.3, 0.4) is 0 Å². The first-order valence-corrected chi connectivity index (χ1v) is 7.27. The lowest BCUT2D eigenvalue weighted by Gasteiger charge is -2.15. The van der Waals surface area contributed by atoms with E-state index in [1.54, 1.807) is 60.7 Å². The Morgan fingerprint density at radius 1 is 0.850 bits per heavy atom. The SMILES string of the molecule is NC(N)=NP(=O)(Oc1ccccc1)Oc1ccccc1. The van der Waals surface area contributed by atoms with Crippen LogP contribution in [0.1, 0.15) is 0 Å². The fourth-order valence-corrected chi connectivity index (χ4v) is 2.61. The molecule has 0 unspecified atom stereocenters. The summed E-state index contributed by atoms with van der Waals surface area (Å²) in [6, 6.07) is 17.1. The van der Waals surface area contributed by atoms with Crippen LogP contribution in [0.15, 0.2) is 65.4 Å². The molecule has 2 aromatic carbocycles. The van der Waals surface area contributed by atoms with Gasteiger partial charge in [0.15, 0.2) is 5.96 Å². The van der Waals surface area contributed by atoms with E-state index in [4.69, 9.17) is 20.5 Å². The first kappa shape index (κ1) is 14.0. The molecule has 0 aromatic heterocycles. The van der Waals surface area contributed by atoms with E-state index in [1.807, 2.05) is 0 Å². The van der Waals surface area contributed by atoms with Crippen LogP contribution in [0.4, 0.5) is 0 Å². The van der Waals surface area contributed by atoms with E-state index < -0.39 is 7.75 Å². The van der Waals surface area contributed by atoms with Crippen molar-refractivity contribution in [1.82, 2.24) is 0 Å².